The van der Waals surface area contributed by atoms with Crippen molar-refractivity contribution >= 4 is 21.7 Å². The maximum Gasteiger partial charge on any atom is 0.240 e. The van der Waals surface area contributed by atoms with E-state index >= 15 is 0 Å². The third kappa shape index (κ3) is 4.66. The minimum atomic E-state index is -3.62. The number of nitrogens with one attached hydrogen (secondary N) is 1. The number of sulfonamides is 1. The van der Waals surface area contributed by atoms with Crippen LogP contribution in [0.15, 0.2) is 62.2 Å². The molecule has 0 bridgehead atoms. The topological polar surface area (TPSA) is 136 Å². The molecule has 23 heavy (non-hydrogen) atoms. The summed E-state index contributed by atoms with van der Waals surface area (Å²) in [5.74, 6) is 0.385. The van der Waals surface area contributed by atoms with Crippen molar-refractivity contribution in [2.45, 2.75) is 18.4 Å². The summed E-state index contributed by atoms with van der Waals surface area (Å²) in [6, 6.07) is 9.60. The number of nitrogens with zero attached hydrogens (tertiary/aromatic N) is 2. The number of nitrogens with two attached hydrogens (primary N) is 2. The van der Waals surface area contributed by atoms with Crippen molar-refractivity contribution in [1.82, 2.24) is 4.72 Å². The molecule has 0 fully saturated rings. The van der Waals surface area contributed by atoms with Crippen LogP contribution in [-0.2, 0) is 16.6 Å². The van der Waals surface area contributed by atoms with Crippen LogP contribution in [0.2, 0.25) is 0 Å². The second-order valence-corrected chi connectivity index (χ2v) is 6.41. The van der Waals surface area contributed by atoms with E-state index in [0.717, 1.165) is 0 Å². The number of hydrogen-bond donors (Lipinski definition) is 3. The molecule has 8 nitrogen and oxygen atoms in total. The largest absolute Gasteiger partial charge is 0.468 e. The Bertz CT molecular complexity index is 805. The van der Waals surface area contributed by atoms with Crippen LogP contribution in [0.4, 0.5) is 0 Å². The van der Waals surface area contributed by atoms with E-state index in [-0.39, 0.29) is 17.4 Å². The summed E-state index contributed by atoms with van der Waals surface area (Å²) < 4.78 is 31.9. The van der Waals surface area contributed by atoms with Gasteiger partial charge in [0.1, 0.15) is 5.76 Å². The molecule has 1 heterocycles. The van der Waals surface area contributed by atoms with Crippen molar-refractivity contribution < 1.29 is 12.8 Å². The van der Waals surface area contributed by atoms with Crippen molar-refractivity contribution in [2.24, 2.45) is 21.7 Å². The van der Waals surface area contributed by atoms with Crippen LogP contribution in [0, 0.1) is 0 Å². The monoisotopic (exact) mass is 335 g/mol. The van der Waals surface area contributed by atoms with Gasteiger partial charge < -0.3 is 15.9 Å². The first-order valence-corrected chi connectivity index (χ1v) is 8.12. The minimum Gasteiger partial charge on any atom is -0.468 e. The molecule has 0 saturated carbocycles. The molecule has 5 N–H and O–H groups in total. The van der Waals surface area contributed by atoms with Crippen molar-refractivity contribution in [3.63, 3.8) is 0 Å². The lowest BCUT2D eigenvalue weighted by molar-refractivity contribution is 0.498. The van der Waals surface area contributed by atoms with E-state index < -0.39 is 10.0 Å². The van der Waals surface area contributed by atoms with Gasteiger partial charge in [-0.25, -0.2) is 13.1 Å². The molecule has 1 aromatic carbocycles. The lowest BCUT2D eigenvalue weighted by Crippen LogP contribution is -2.23. The van der Waals surface area contributed by atoms with Gasteiger partial charge in [-0.15, -0.1) is 5.10 Å². The molecule has 2 rings (SSSR count). The summed E-state index contributed by atoms with van der Waals surface area (Å²) in [5.41, 5.74) is 11.7. The average Bonchev–Trinajstić information content (AvgIpc) is 3.04. The smallest absolute Gasteiger partial charge is 0.240 e. The predicted octanol–water partition coefficient (Wildman–Crippen LogP) is 0.756. The van der Waals surface area contributed by atoms with Crippen molar-refractivity contribution in [3.8, 4) is 0 Å². The number of furan rings is 1. The van der Waals surface area contributed by atoms with Crippen LogP contribution in [0.5, 0.6) is 0 Å². The van der Waals surface area contributed by atoms with Crippen LogP contribution in [0.25, 0.3) is 0 Å². The van der Waals surface area contributed by atoms with Gasteiger partial charge in [0.2, 0.25) is 16.0 Å². The molecule has 0 aliphatic rings. The van der Waals surface area contributed by atoms with E-state index in [1.807, 2.05) is 0 Å². The van der Waals surface area contributed by atoms with E-state index in [1.54, 1.807) is 31.2 Å². The Morgan fingerprint density at radius 2 is 1.87 bits per heavy atom. The van der Waals surface area contributed by atoms with Crippen LogP contribution in [0.3, 0.4) is 0 Å². The van der Waals surface area contributed by atoms with Crippen LogP contribution >= 0.6 is 0 Å². The highest BCUT2D eigenvalue weighted by atomic mass is 32.2. The molecule has 1 aromatic heterocycles. The molecular weight excluding hydrogens is 318 g/mol. The van der Waals surface area contributed by atoms with Gasteiger partial charge in [-0.2, -0.15) is 5.10 Å². The molecule has 0 amide bonds. The zero-order chi connectivity index (χ0) is 16.9. The highest BCUT2D eigenvalue weighted by Crippen LogP contribution is 2.12. The second-order valence-electron chi connectivity index (χ2n) is 4.64. The second kappa shape index (κ2) is 7.07. The fourth-order valence-corrected chi connectivity index (χ4v) is 2.72. The summed E-state index contributed by atoms with van der Waals surface area (Å²) in [7, 11) is -3.62. The predicted molar refractivity (Wildman–Crippen MR) is 87.2 cm³/mol. The number of rotatable bonds is 6. The molecule has 0 aliphatic carbocycles. The SMILES string of the molecule is C/C(=N/N=C(N)N)c1ccc(S(=O)(=O)NCc2ccco2)cc1. The molecule has 0 atom stereocenters. The molecule has 122 valence electrons. The molecule has 0 aliphatic heterocycles. The number of guanidine groups is 1. The van der Waals surface area contributed by atoms with Crippen molar-refractivity contribution in [1.29, 1.82) is 0 Å². The lowest BCUT2D eigenvalue weighted by Gasteiger charge is -2.06. The molecule has 2 aromatic rings. The summed E-state index contributed by atoms with van der Waals surface area (Å²) in [6.07, 6.45) is 1.48. The molecule has 0 saturated heterocycles. The van der Waals surface area contributed by atoms with Crippen LogP contribution in [-0.4, -0.2) is 20.1 Å². The van der Waals surface area contributed by atoms with Gasteiger partial charge in [0.15, 0.2) is 0 Å². The minimum absolute atomic E-state index is 0.0854. The average molecular weight is 335 g/mol. The number of benzene rings is 1. The molecular formula is C14H17N5O3S. The van der Waals surface area contributed by atoms with E-state index in [9.17, 15) is 8.42 Å². The Kier molecular flexibility index (Phi) is 5.14. The molecule has 0 radical (unpaired) electrons. The molecule has 0 unspecified atom stereocenters. The first-order valence-electron chi connectivity index (χ1n) is 6.64. The Balaban J connectivity index is 2.12. The van der Waals surface area contributed by atoms with Gasteiger partial charge in [0, 0.05) is 0 Å². The van der Waals surface area contributed by atoms with Crippen molar-refractivity contribution in [2.75, 3.05) is 0 Å². The van der Waals surface area contributed by atoms with E-state index in [1.165, 1.54) is 18.4 Å². The highest BCUT2D eigenvalue weighted by Gasteiger charge is 2.14. The summed E-state index contributed by atoms with van der Waals surface area (Å²) in [5, 5.41) is 7.38. The standard InChI is InChI=1S/C14H17N5O3S/c1-10(18-19-14(15)16)11-4-6-13(7-5-11)23(20,21)17-9-12-3-2-8-22-12/h2-8,17H,9H2,1H3,(H4,15,16,19)/b18-10-. The lowest BCUT2D eigenvalue weighted by atomic mass is 10.1. The van der Waals surface area contributed by atoms with Crippen LogP contribution < -0.4 is 16.2 Å². The zero-order valence-corrected chi connectivity index (χ0v) is 13.2. The van der Waals surface area contributed by atoms with E-state index in [4.69, 9.17) is 15.9 Å². The van der Waals surface area contributed by atoms with Gasteiger partial charge in [-0.05, 0) is 36.8 Å². The maximum atomic E-state index is 12.2. The van der Waals surface area contributed by atoms with Gasteiger partial charge in [-0.3, -0.25) is 0 Å². The summed E-state index contributed by atoms with van der Waals surface area (Å²) in [6.45, 7) is 1.80. The normalized spacial score (nSPS) is 12.1. The Labute approximate surface area is 133 Å². The van der Waals surface area contributed by atoms with Gasteiger partial charge in [0.25, 0.3) is 0 Å². The third-order valence-electron chi connectivity index (χ3n) is 2.91. The molecule has 0 spiro atoms. The van der Waals surface area contributed by atoms with E-state index in [0.29, 0.717) is 17.0 Å². The van der Waals surface area contributed by atoms with Gasteiger partial charge in [-0.1, -0.05) is 12.1 Å². The first kappa shape index (κ1) is 16.7. The third-order valence-corrected chi connectivity index (χ3v) is 4.33. The first-order chi connectivity index (χ1) is 10.9. The fourth-order valence-electron chi connectivity index (χ4n) is 1.73. The zero-order valence-electron chi connectivity index (χ0n) is 12.4. The number of hydrogen-bond acceptors (Lipinski definition) is 5. The van der Waals surface area contributed by atoms with Crippen LogP contribution in [0.1, 0.15) is 18.2 Å². The Morgan fingerprint density at radius 3 is 2.43 bits per heavy atom. The van der Waals surface area contributed by atoms with Crippen molar-refractivity contribution in [3.05, 3.63) is 54.0 Å². The van der Waals surface area contributed by atoms with E-state index in [2.05, 4.69) is 14.9 Å². The quantitative estimate of drug-likeness (QED) is 0.406. The van der Waals surface area contributed by atoms with Gasteiger partial charge in [0.05, 0.1) is 23.4 Å². The Hall–Kier alpha value is -2.65. The molecule has 9 heteroatoms. The fraction of sp³-hybridized carbons (Fsp3) is 0.143. The Morgan fingerprint density at radius 1 is 1.17 bits per heavy atom. The van der Waals surface area contributed by atoms with Gasteiger partial charge >= 0.3 is 0 Å². The maximum absolute atomic E-state index is 12.2. The highest BCUT2D eigenvalue weighted by molar-refractivity contribution is 7.89. The summed E-state index contributed by atoms with van der Waals surface area (Å²) >= 11 is 0. The summed E-state index contributed by atoms with van der Waals surface area (Å²) in [4.78, 5) is 0.141.